The van der Waals surface area contributed by atoms with Crippen molar-refractivity contribution in [3.8, 4) is 11.3 Å². The lowest BCUT2D eigenvalue weighted by molar-refractivity contribution is 0.0927. The summed E-state index contributed by atoms with van der Waals surface area (Å²) in [6.45, 7) is 7.92. The highest BCUT2D eigenvalue weighted by atomic mass is 35.5. The van der Waals surface area contributed by atoms with E-state index in [0.717, 1.165) is 34.0 Å². The number of Topliss-reactive ketones (excluding diaryl/α,β-unsaturated/α-hetero) is 1. The number of rotatable bonds is 6. The minimum atomic E-state index is -0.244. The summed E-state index contributed by atoms with van der Waals surface area (Å²) in [5.74, 6) is -0.166. The molecule has 1 unspecified atom stereocenters. The summed E-state index contributed by atoms with van der Waals surface area (Å²) in [4.78, 5) is 30.7. The van der Waals surface area contributed by atoms with Crippen molar-refractivity contribution in [3.05, 3.63) is 94.0 Å². The number of nitrogens with zero attached hydrogens (tertiary/aromatic N) is 1. The van der Waals surface area contributed by atoms with Crippen molar-refractivity contribution in [2.24, 2.45) is 5.92 Å². The molecule has 0 radical (unpaired) electrons. The Hall–Kier alpha value is -3.50. The first-order chi connectivity index (χ1) is 16.3. The fraction of sp³-hybridized carbons (Fsp3) is 0.207. The second kappa shape index (κ2) is 9.78. The lowest BCUT2D eigenvalue weighted by atomic mass is 9.97. The molecule has 1 amide bonds. The van der Waals surface area contributed by atoms with Crippen molar-refractivity contribution in [1.29, 1.82) is 0 Å². The molecular formula is C29H27ClN2O2. The first-order valence-corrected chi connectivity index (χ1v) is 11.8. The molecule has 0 aliphatic carbocycles. The Bertz CT molecular complexity index is 1390. The Balaban J connectivity index is 1.75. The van der Waals surface area contributed by atoms with E-state index in [4.69, 9.17) is 16.6 Å². The van der Waals surface area contributed by atoms with Gasteiger partial charge in [-0.15, -0.1) is 0 Å². The van der Waals surface area contributed by atoms with Gasteiger partial charge >= 0.3 is 0 Å². The van der Waals surface area contributed by atoms with Gasteiger partial charge in [0.05, 0.1) is 16.8 Å². The predicted octanol–water partition coefficient (Wildman–Crippen LogP) is 7.65. The molecule has 34 heavy (non-hydrogen) atoms. The van der Waals surface area contributed by atoms with Gasteiger partial charge in [-0.1, -0.05) is 55.3 Å². The van der Waals surface area contributed by atoms with Crippen LogP contribution in [0.5, 0.6) is 0 Å². The van der Waals surface area contributed by atoms with E-state index in [9.17, 15) is 9.59 Å². The van der Waals surface area contributed by atoms with Gasteiger partial charge in [-0.25, -0.2) is 4.98 Å². The van der Waals surface area contributed by atoms with Gasteiger partial charge in [0.1, 0.15) is 0 Å². The third-order valence-electron chi connectivity index (χ3n) is 6.13. The lowest BCUT2D eigenvalue weighted by Crippen LogP contribution is -2.14. The minimum absolute atomic E-state index is 0.0293. The highest BCUT2D eigenvalue weighted by molar-refractivity contribution is 6.33. The van der Waals surface area contributed by atoms with Gasteiger partial charge in [-0.2, -0.15) is 0 Å². The smallest absolute Gasteiger partial charge is 0.256 e. The van der Waals surface area contributed by atoms with E-state index in [1.807, 2.05) is 58.0 Å². The highest BCUT2D eigenvalue weighted by Crippen LogP contribution is 2.32. The van der Waals surface area contributed by atoms with Crippen molar-refractivity contribution < 1.29 is 9.59 Å². The Morgan fingerprint density at radius 3 is 2.38 bits per heavy atom. The maximum atomic E-state index is 13.5. The Morgan fingerprint density at radius 2 is 1.71 bits per heavy atom. The van der Waals surface area contributed by atoms with E-state index in [1.165, 1.54) is 0 Å². The first-order valence-electron chi connectivity index (χ1n) is 11.4. The molecule has 0 bridgehead atoms. The number of hydrogen-bond acceptors (Lipinski definition) is 3. The summed E-state index contributed by atoms with van der Waals surface area (Å²) in [5, 5.41) is 4.34. The zero-order valence-electron chi connectivity index (χ0n) is 19.8. The van der Waals surface area contributed by atoms with Gasteiger partial charge < -0.3 is 5.32 Å². The number of anilines is 1. The van der Waals surface area contributed by atoms with E-state index in [2.05, 4.69) is 11.4 Å². The molecule has 0 aliphatic heterocycles. The van der Waals surface area contributed by atoms with E-state index in [1.54, 1.807) is 30.3 Å². The normalized spacial score (nSPS) is 11.9. The molecule has 4 aromatic rings. The van der Waals surface area contributed by atoms with Crippen LogP contribution in [0.4, 0.5) is 5.69 Å². The number of carbonyl (C=O) groups is 2. The number of fused-ring (bicyclic) bond motifs is 1. The van der Waals surface area contributed by atoms with Gasteiger partial charge in [0.25, 0.3) is 5.91 Å². The summed E-state index contributed by atoms with van der Waals surface area (Å²) in [7, 11) is 0. The van der Waals surface area contributed by atoms with Gasteiger partial charge in [0.2, 0.25) is 0 Å². The fourth-order valence-electron chi connectivity index (χ4n) is 4.06. The maximum absolute atomic E-state index is 13.5. The molecule has 4 nitrogen and oxygen atoms in total. The molecular weight excluding hydrogens is 444 g/mol. The van der Waals surface area contributed by atoms with Crippen LogP contribution in [0.3, 0.4) is 0 Å². The van der Waals surface area contributed by atoms with E-state index >= 15 is 0 Å². The van der Waals surface area contributed by atoms with Crippen LogP contribution >= 0.6 is 11.6 Å². The molecule has 0 fully saturated rings. The summed E-state index contributed by atoms with van der Waals surface area (Å²) in [6.07, 6.45) is 0.791. The quantitative estimate of drug-likeness (QED) is 0.294. The molecule has 0 spiro atoms. The molecule has 1 N–H and O–H groups in total. The summed E-state index contributed by atoms with van der Waals surface area (Å²) in [6, 6.07) is 20.4. The van der Waals surface area contributed by atoms with E-state index < -0.39 is 0 Å². The van der Waals surface area contributed by atoms with Crippen LogP contribution in [0, 0.1) is 19.8 Å². The number of amides is 1. The molecule has 5 heteroatoms. The zero-order valence-corrected chi connectivity index (χ0v) is 20.5. The third-order valence-corrected chi connectivity index (χ3v) is 6.46. The lowest BCUT2D eigenvalue weighted by Gasteiger charge is -2.14. The number of aromatic nitrogens is 1. The number of carbonyl (C=O) groups excluding carboxylic acids is 2. The molecule has 3 aromatic carbocycles. The number of benzene rings is 3. The molecule has 0 saturated carbocycles. The Morgan fingerprint density at radius 1 is 1.00 bits per heavy atom. The van der Waals surface area contributed by atoms with Gasteiger partial charge in [-0.05, 0) is 68.3 Å². The van der Waals surface area contributed by atoms with Crippen LogP contribution in [-0.4, -0.2) is 16.7 Å². The van der Waals surface area contributed by atoms with Crippen molar-refractivity contribution in [1.82, 2.24) is 4.98 Å². The van der Waals surface area contributed by atoms with Gasteiger partial charge in [0.15, 0.2) is 5.78 Å². The number of halogens is 1. The van der Waals surface area contributed by atoms with Crippen LogP contribution in [0.25, 0.3) is 22.2 Å². The van der Waals surface area contributed by atoms with Crippen LogP contribution in [-0.2, 0) is 0 Å². The standard InChI is InChI=1S/C29H27ClN2O2/c1-5-18(3)28(33)20-10-12-21(13-11-20)31-29(34)24-16-26(22-8-6-7-9-25(22)30)32-27-19(4)14-17(2)15-23(24)27/h6-16,18H,5H2,1-4H3,(H,31,34). The van der Waals surface area contributed by atoms with Gasteiger partial charge in [-0.3, -0.25) is 9.59 Å². The van der Waals surface area contributed by atoms with E-state index in [0.29, 0.717) is 27.5 Å². The number of nitrogens with one attached hydrogen (secondary N) is 1. The van der Waals surface area contributed by atoms with Crippen LogP contribution < -0.4 is 5.32 Å². The zero-order chi connectivity index (χ0) is 24.4. The monoisotopic (exact) mass is 470 g/mol. The van der Waals surface area contributed by atoms with E-state index in [-0.39, 0.29) is 17.6 Å². The van der Waals surface area contributed by atoms with Crippen LogP contribution in [0.1, 0.15) is 52.1 Å². The first kappa shape index (κ1) is 23.7. The van der Waals surface area contributed by atoms with Crippen LogP contribution in [0.2, 0.25) is 5.02 Å². The predicted molar refractivity (Wildman–Crippen MR) is 140 cm³/mol. The molecule has 4 rings (SSSR count). The molecule has 172 valence electrons. The largest absolute Gasteiger partial charge is 0.322 e. The van der Waals surface area contributed by atoms with Crippen molar-refractivity contribution in [2.75, 3.05) is 5.32 Å². The molecule has 1 heterocycles. The topological polar surface area (TPSA) is 59.1 Å². The Labute approximate surface area is 205 Å². The van der Waals surface area contributed by atoms with Crippen molar-refractivity contribution in [3.63, 3.8) is 0 Å². The number of aryl methyl sites for hydroxylation is 2. The van der Waals surface area contributed by atoms with Gasteiger partial charge in [0, 0.05) is 33.1 Å². The SMILES string of the molecule is CCC(C)C(=O)c1ccc(NC(=O)c2cc(-c3ccccc3Cl)nc3c(C)cc(C)cc23)cc1. The third kappa shape index (κ3) is 4.73. The summed E-state index contributed by atoms with van der Waals surface area (Å²) < 4.78 is 0. The Kier molecular flexibility index (Phi) is 6.80. The molecule has 0 aliphatic rings. The molecule has 1 aromatic heterocycles. The average molecular weight is 471 g/mol. The summed E-state index contributed by atoms with van der Waals surface area (Å²) in [5.41, 5.74) is 6.02. The highest BCUT2D eigenvalue weighted by Gasteiger charge is 2.18. The van der Waals surface area contributed by atoms with Crippen molar-refractivity contribution >= 4 is 39.9 Å². The second-order valence-corrected chi connectivity index (χ2v) is 9.13. The maximum Gasteiger partial charge on any atom is 0.256 e. The second-order valence-electron chi connectivity index (χ2n) is 8.72. The van der Waals surface area contributed by atoms with Crippen molar-refractivity contribution in [2.45, 2.75) is 34.1 Å². The number of hydrogen-bond donors (Lipinski definition) is 1. The fourth-order valence-corrected chi connectivity index (χ4v) is 4.29. The average Bonchev–Trinajstić information content (AvgIpc) is 2.83. The molecule has 0 saturated heterocycles. The summed E-state index contributed by atoms with van der Waals surface area (Å²) >= 11 is 6.44. The number of ketones is 1. The minimum Gasteiger partial charge on any atom is -0.322 e. The van der Waals surface area contributed by atoms with Crippen LogP contribution in [0.15, 0.2) is 66.7 Å². The molecule has 1 atom stereocenters. The number of pyridine rings is 1.